The number of hydrogen-bond donors (Lipinski definition) is 3. The fourth-order valence-electron chi connectivity index (χ4n) is 9.71. The predicted molar refractivity (Wildman–Crippen MR) is 210 cm³/mol. The molecule has 1 spiro atoms. The van der Waals surface area contributed by atoms with E-state index in [0.29, 0.717) is 36.8 Å². The molecule has 5 aliphatic heterocycles. The number of carbonyl (C=O) groups is 1. The van der Waals surface area contributed by atoms with Crippen LogP contribution in [-0.2, 0) is 42.7 Å². The van der Waals surface area contributed by atoms with Gasteiger partial charge in [0.05, 0.1) is 37.1 Å². The van der Waals surface area contributed by atoms with Crippen LogP contribution in [-0.4, -0.2) is 114 Å². The van der Waals surface area contributed by atoms with E-state index < -0.39 is 72.5 Å². The van der Waals surface area contributed by atoms with Crippen molar-refractivity contribution in [2.45, 2.75) is 172 Å². The summed E-state index contributed by atoms with van der Waals surface area (Å²) in [5, 5.41) is 34.2. The SMILES string of the molecule is CC[C@H](C)[C@H]1OC2(C=C[C@@H]1C)C[C@@H]1C[C@@H](C/C=C(\C)[C@@H](OC3CC(OC)C(OC(O)C4CC4)C(C)O3)[C@@H](C)/C=C/C=C3\CO[C@@H]4[C@H](O)C(C)=CC(C(=O)O1)[C@]34O)O2. The molecule has 57 heavy (non-hydrogen) atoms. The summed E-state index contributed by atoms with van der Waals surface area (Å²) in [6.07, 6.45) is 11.8. The fraction of sp³-hybridized carbons (Fsp3) is 0.756. The topological polar surface area (TPSA) is 152 Å². The number of fused-ring (bicyclic) bond motifs is 2. The Hall–Kier alpha value is -2.23. The van der Waals surface area contributed by atoms with Crippen LogP contribution < -0.4 is 0 Å². The first-order valence-electron chi connectivity index (χ1n) is 21.3. The first-order chi connectivity index (χ1) is 27.2. The summed E-state index contributed by atoms with van der Waals surface area (Å²) in [6.45, 7) is 14.3. The molecular weight excluding hydrogens is 732 g/mol. The molecule has 12 nitrogen and oxygen atoms in total. The molecule has 2 bridgehead atoms. The number of allylic oxidation sites excluding steroid dienone is 2. The molecule has 2 aliphatic carbocycles. The molecule has 17 atom stereocenters. The van der Waals surface area contributed by atoms with E-state index in [4.69, 9.17) is 37.9 Å². The van der Waals surface area contributed by atoms with Gasteiger partial charge in [-0.1, -0.05) is 70.6 Å². The van der Waals surface area contributed by atoms with Crippen molar-refractivity contribution in [3.8, 4) is 0 Å². The van der Waals surface area contributed by atoms with Crippen LogP contribution in [0.1, 0.15) is 93.4 Å². The molecule has 0 aromatic heterocycles. The Morgan fingerprint density at radius 3 is 2.53 bits per heavy atom. The number of aliphatic hydroxyl groups excluding tert-OH is 2. The van der Waals surface area contributed by atoms with E-state index in [-0.39, 0.29) is 48.6 Å². The van der Waals surface area contributed by atoms with Crippen molar-refractivity contribution in [2.75, 3.05) is 13.7 Å². The van der Waals surface area contributed by atoms with Crippen LogP contribution in [0.5, 0.6) is 0 Å². The summed E-state index contributed by atoms with van der Waals surface area (Å²) in [5.74, 6) is -2.32. The van der Waals surface area contributed by atoms with Crippen molar-refractivity contribution in [2.24, 2.45) is 29.6 Å². The summed E-state index contributed by atoms with van der Waals surface area (Å²) in [4.78, 5) is 14.3. The van der Waals surface area contributed by atoms with Crippen LogP contribution in [0.4, 0.5) is 0 Å². The zero-order valence-corrected chi connectivity index (χ0v) is 35.0. The lowest BCUT2D eigenvalue weighted by atomic mass is 9.71. The van der Waals surface area contributed by atoms with Gasteiger partial charge in [-0.2, -0.15) is 0 Å². The molecule has 318 valence electrons. The number of aliphatic hydroxyl groups is 3. The van der Waals surface area contributed by atoms with Crippen LogP contribution in [0.2, 0.25) is 0 Å². The molecule has 7 unspecified atom stereocenters. The molecule has 7 rings (SSSR count). The highest BCUT2D eigenvalue weighted by molar-refractivity contribution is 5.78. The van der Waals surface area contributed by atoms with Gasteiger partial charge < -0.3 is 53.2 Å². The van der Waals surface area contributed by atoms with Gasteiger partial charge in [0.2, 0.25) is 0 Å². The Morgan fingerprint density at radius 1 is 1.04 bits per heavy atom. The third-order valence-electron chi connectivity index (χ3n) is 13.6. The third-order valence-corrected chi connectivity index (χ3v) is 13.6. The molecule has 3 N–H and O–H groups in total. The second-order valence-electron chi connectivity index (χ2n) is 17.9. The molecule has 3 saturated heterocycles. The maximum atomic E-state index is 14.3. The summed E-state index contributed by atoms with van der Waals surface area (Å²) in [5.41, 5.74) is 0.181. The van der Waals surface area contributed by atoms with E-state index in [1.807, 2.05) is 32.1 Å². The van der Waals surface area contributed by atoms with Crippen LogP contribution in [0.25, 0.3) is 0 Å². The fourth-order valence-corrected chi connectivity index (χ4v) is 9.71. The second-order valence-corrected chi connectivity index (χ2v) is 17.9. The Morgan fingerprint density at radius 2 is 1.81 bits per heavy atom. The molecule has 12 heteroatoms. The third kappa shape index (κ3) is 8.83. The Labute approximate surface area is 338 Å². The van der Waals surface area contributed by atoms with Gasteiger partial charge in [-0.05, 0) is 68.7 Å². The molecule has 4 fully saturated rings. The van der Waals surface area contributed by atoms with Crippen molar-refractivity contribution in [3.05, 3.63) is 59.3 Å². The van der Waals surface area contributed by atoms with Gasteiger partial charge in [-0.3, -0.25) is 4.79 Å². The lowest BCUT2D eigenvalue weighted by Gasteiger charge is -2.48. The molecular formula is C45H66O12. The van der Waals surface area contributed by atoms with Crippen molar-refractivity contribution in [3.63, 3.8) is 0 Å². The standard InChI is InChI=1S/C45H66O12/c1-9-24(2)39-27(5)17-18-44(57-39)22-33-20-32(56-44)16-13-26(4)38(54-36-21-35(50-8)40(29(7)52-36)55-42(47)30-14-15-30)25(3)11-10-12-31-23-51-41-37(46)28(6)19-34(43(48)53-33)45(31,41)49/h10-13,17-19,24-25,27,29-30,32-42,46-47,49H,9,14-16,20-23H2,1-8H3/b11-10+,26-13+,31-12+/t24-,25-,27-,29?,32+,33-,34?,35?,36?,37+,38-,39+,40?,41+,42?,44?,45+/m0/s1. The van der Waals surface area contributed by atoms with Gasteiger partial charge in [-0.25, -0.2) is 0 Å². The minimum atomic E-state index is -1.82. The molecule has 0 amide bonds. The number of hydrogen-bond acceptors (Lipinski definition) is 12. The monoisotopic (exact) mass is 798 g/mol. The molecule has 0 aromatic rings. The number of ether oxygens (including phenoxy) is 8. The minimum Gasteiger partial charge on any atom is -0.462 e. The smallest absolute Gasteiger partial charge is 0.316 e. The van der Waals surface area contributed by atoms with E-state index in [9.17, 15) is 20.1 Å². The molecule has 5 heterocycles. The normalized spacial score (nSPS) is 47.5. The quantitative estimate of drug-likeness (QED) is 0.160. The zero-order valence-electron chi connectivity index (χ0n) is 35.0. The largest absolute Gasteiger partial charge is 0.462 e. The van der Waals surface area contributed by atoms with Gasteiger partial charge in [0, 0.05) is 44.1 Å². The highest BCUT2D eigenvalue weighted by atomic mass is 16.7. The first kappa shape index (κ1) is 42.9. The lowest BCUT2D eigenvalue weighted by molar-refractivity contribution is -0.300. The van der Waals surface area contributed by atoms with Crippen molar-refractivity contribution in [1.82, 2.24) is 0 Å². The van der Waals surface area contributed by atoms with Gasteiger partial charge in [0.1, 0.15) is 35.9 Å². The lowest BCUT2D eigenvalue weighted by Crippen LogP contribution is -2.58. The van der Waals surface area contributed by atoms with Crippen LogP contribution in [0.15, 0.2) is 59.3 Å². The zero-order chi connectivity index (χ0) is 40.8. The summed E-state index contributed by atoms with van der Waals surface area (Å²) >= 11 is 0. The van der Waals surface area contributed by atoms with Gasteiger partial charge in [-0.15, -0.1) is 0 Å². The van der Waals surface area contributed by atoms with Crippen molar-refractivity contribution >= 4 is 5.97 Å². The highest BCUT2D eigenvalue weighted by Crippen LogP contribution is 2.47. The molecule has 0 radical (unpaired) electrons. The molecule has 7 aliphatic rings. The van der Waals surface area contributed by atoms with E-state index in [1.165, 1.54) is 0 Å². The average molecular weight is 799 g/mol. The van der Waals surface area contributed by atoms with E-state index in [0.717, 1.165) is 24.8 Å². The number of carbonyl (C=O) groups excluding carboxylic acids is 1. The first-order valence-corrected chi connectivity index (χ1v) is 21.3. The van der Waals surface area contributed by atoms with E-state index in [2.05, 4.69) is 39.8 Å². The van der Waals surface area contributed by atoms with Crippen molar-refractivity contribution < 1.29 is 58.0 Å². The van der Waals surface area contributed by atoms with Crippen LogP contribution >= 0.6 is 0 Å². The second kappa shape index (κ2) is 17.4. The van der Waals surface area contributed by atoms with Gasteiger partial charge in [0.15, 0.2) is 18.4 Å². The van der Waals surface area contributed by atoms with E-state index in [1.54, 1.807) is 26.2 Å². The number of esters is 1. The average Bonchev–Trinajstić information content (AvgIpc) is 3.98. The molecule has 0 aromatic carbocycles. The summed E-state index contributed by atoms with van der Waals surface area (Å²) in [7, 11) is 1.65. The molecule has 1 saturated carbocycles. The minimum absolute atomic E-state index is 0.0435. The summed E-state index contributed by atoms with van der Waals surface area (Å²) < 4.78 is 51.4. The number of rotatable bonds is 8. The van der Waals surface area contributed by atoms with Crippen molar-refractivity contribution in [1.29, 1.82) is 0 Å². The van der Waals surface area contributed by atoms with E-state index >= 15 is 0 Å². The Balaban J connectivity index is 1.21. The maximum absolute atomic E-state index is 14.3. The Bertz CT molecular complexity index is 1600. The maximum Gasteiger partial charge on any atom is 0.316 e. The highest BCUT2D eigenvalue weighted by Gasteiger charge is 2.60. The van der Waals surface area contributed by atoms with Crippen LogP contribution in [0, 0.1) is 29.6 Å². The number of methoxy groups -OCH3 is 1. The Kier molecular flexibility index (Phi) is 13.1. The van der Waals surface area contributed by atoms with Gasteiger partial charge in [0.25, 0.3) is 0 Å². The predicted octanol–water partition coefficient (Wildman–Crippen LogP) is 5.60. The van der Waals surface area contributed by atoms with Gasteiger partial charge >= 0.3 is 5.97 Å². The summed E-state index contributed by atoms with van der Waals surface area (Å²) in [6, 6.07) is 0. The van der Waals surface area contributed by atoms with Crippen LogP contribution in [0.3, 0.4) is 0 Å².